The molecule has 5 heteroatoms. The van der Waals surface area contributed by atoms with Crippen LogP contribution in [0.25, 0.3) is 0 Å². The molecule has 0 heterocycles. The number of hydrogen-bond donors (Lipinski definition) is 2. The van der Waals surface area contributed by atoms with Crippen molar-refractivity contribution in [2.24, 2.45) is 0 Å². The Bertz CT molecular complexity index is 677. The summed E-state index contributed by atoms with van der Waals surface area (Å²) in [5.41, 5.74) is 2.21. The molecule has 4 nitrogen and oxygen atoms in total. The smallest absolute Gasteiger partial charge is 0.319 e. The standard InChI is InChI=1S/C16H14BrN3O/c1-11(14-4-2-3-5-15(14)17)19-16(21)20-13-8-6-12(10-18)7-9-13/h2-9,11H,1H3,(H2,19,20,21). The summed E-state index contributed by atoms with van der Waals surface area (Å²) in [6.45, 7) is 1.92. The third kappa shape index (κ3) is 4.07. The van der Waals surface area contributed by atoms with Gasteiger partial charge in [0.15, 0.2) is 0 Å². The molecule has 2 aromatic rings. The number of nitrogens with one attached hydrogen (secondary N) is 2. The molecule has 0 aliphatic carbocycles. The van der Waals surface area contributed by atoms with Gasteiger partial charge in [-0.05, 0) is 42.8 Å². The van der Waals surface area contributed by atoms with Gasteiger partial charge in [-0.25, -0.2) is 4.79 Å². The SMILES string of the molecule is CC(NC(=O)Nc1ccc(C#N)cc1)c1ccccc1Br. The maximum absolute atomic E-state index is 12.0. The predicted octanol–water partition coefficient (Wildman–Crippen LogP) is 4.20. The summed E-state index contributed by atoms with van der Waals surface area (Å²) in [5, 5.41) is 14.3. The maximum atomic E-state index is 12.0. The van der Waals surface area contributed by atoms with Gasteiger partial charge in [0.1, 0.15) is 0 Å². The van der Waals surface area contributed by atoms with Gasteiger partial charge >= 0.3 is 6.03 Å². The van der Waals surface area contributed by atoms with Crippen LogP contribution in [0.2, 0.25) is 0 Å². The van der Waals surface area contributed by atoms with Crippen LogP contribution in [0.1, 0.15) is 24.1 Å². The summed E-state index contributed by atoms with van der Waals surface area (Å²) in [6.07, 6.45) is 0. The Hall–Kier alpha value is -2.32. The maximum Gasteiger partial charge on any atom is 0.319 e. The predicted molar refractivity (Wildman–Crippen MR) is 85.9 cm³/mol. The molecule has 2 rings (SSSR count). The number of nitrogens with zero attached hydrogens (tertiary/aromatic N) is 1. The molecule has 0 saturated heterocycles. The first-order chi connectivity index (χ1) is 10.1. The summed E-state index contributed by atoms with van der Waals surface area (Å²) in [5.74, 6) is 0. The van der Waals surface area contributed by atoms with Gasteiger partial charge in [-0.15, -0.1) is 0 Å². The lowest BCUT2D eigenvalue weighted by molar-refractivity contribution is 0.249. The molecule has 106 valence electrons. The van der Waals surface area contributed by atoms with Crippen LogP contribution in [-0.2, 0) is 0 Å². The largest absolute Gasteiger partial charge is 0.331 e. The first-order valence-electron chi connectivity index (χ1n) is 6.42. The van der Waals surface area contributed by atoms with Gasteiger partial charge in [0, 0.05) is 10.2 Å². The van der Waals surface area contributed by atoms with Gasteiger partial charge in [0.25, 0.3) is 0 Å². The van der Waals surface area contributed by atoms with E-state index < -0.39 is 0 Å². The molecule has 0 spiro atoms. The molecule has 1 atom stereocenters. The van der Waals surface area contributed by atoms with Crippen LogP contribution in [0.5, 0.6) is 0 Å². The number of rotatable bonds is 3. The number of carbonyl (C=O) groups excluding carboxylic acids is 1. The van der Waals surface area contributed by atoms with Crippen molar-refractivity contribution < 1.29 is 4.79 Å². The van der Waals surface area contributed by atoms with E-state index in [0.717, 1.165) is 10.0 Å². The van der Waals surface area contributed by atoms with E-state index >= 15 is 0 Å². The minimum absolute atomic E-state index is 0.126. The summed E-state index contributed by atoms with van der Waals surface area (Å²) in [4.78, 5) is 12.0. The second-order valence-electron chi connectivity index (χ2n) is 4.53. The van der Waals surface area contributed by atoms with E-state index in [1.54, 1.807) is 24.3 Å². The van der Waals surface area contributed by atoms with Crippen LogP contribution in [0.15, 0.2) is 53.0 Å². The summed E-state index contributed by atoms with van der Waals surface area (Å²) in [7, 11) is 0. The third-order valence-electron chi connectivity index (χ3n) is 2.99. The monoisotopic (exact) mass is 343 g/mol. The number of hydrogen-bond acceptors (Lipinski definition) is 2. The summed E-state index contributed by atoms with van der Waals surface area (Å²) < 4.78 is 0.955. The average Bonchev–Trinajstić information content (AvgIpc) is 2.48. The molecule has 0 saturated carbocycles. The number of halogens is 1. The molecule has 1 unspecified atom stereocenters. The fourth-order valence-electron chi connectivity index (χ4n) is 1.90. The third-order valence-corrected chi connectivity index (χ3v) is 3.71. The number of amides is 2. The first-order valence-corrected chi connectivity index (χ1v) is 7.21. The molecule has 21 heavy (non-hydrogen) atoms. The lowest BCUT2D eigenvalue weighted by Crippen LogP contribution is -2.31. The summed E-state index contributed by atoms with van der Waals surface area (Å²) in [6, 6.07) is 16.1. The Morgan fingerprint density at radius 2 is 1.86 bits per heavy atom. The van der Waals surface area contributed by atoms with Crippen molar-refractivity contribution in [3.63, 3.8) is 0 Å². The first kappa shape index (κ1) is 15.1. The second kappa shape index (κ2) is 6.91. The molecule has 2 aromatic carbocycles. The Morgan fingerprint density at radius 3 is 2.48 bits per heavy atom. The number of nitriles is 1. The van der Waals surface area contributed by atoms with Crippen LogP contribution in [-0.4, -0.2) is 6.03 Å². The molecular formula is C16H14BrN3O. The van der Waals surface area contributed by atoms with E-state index in [9.17, 15) is 4.79 Å². The zero-order chi connectivity index (χ0) is 15.2. The van der Waals surface area contributed by atoms with E-state index in [0.29, 0.717) is 11.3 Å². The number of anilines is 1. The molecular weight excluding hydrogens is 330 g/mol. The zero-order valence-electron chi connectivity index (χ0n) is 11.4. The van der Waals surface area contributed by atoms with E-state index in [1.807, 2.05) is 37.3 Å². The van der Waals surface area contributed by atoms with E-state index in [1.165, 1.54) is 0 Å². The Labute approximate surface area is 131 Å². The van der Waals surface area contributed by atoms with E-state index in [2.05, 4.69) is 26.6 Å². The van der Waals surface area contributed by atoms with Crippen LogP contribution in [0.4, 0.5) is 10.5 Å². The van der Waals surface area contributed by atoms with Crippen molar-refractivity contribution in [1.29, 1.82) is 5.26 Å². The lowest BCUT2D eigenvalue weighted by Gasteiger charge is -2.16. The minimum Gasteiger partial charge on any atom is -0.331 e. The molecule has 0 fully saturated rings. The highest BCUT2D eigenvalue weighted by Crippen LogP contribution is 2.22. The van der Waals surface area contributed by atoms with Crippen molar-refractivity contribution in [1.82, 2.24) is 5.32 Å². The van der Waals surface area contributed by atoms with Crippen LogP contribution >= 0.6 is 15.9 Å². The van der Waals surface area contributed by atoms with Gasteiger partial charge in [0.2, 0.25) is 0 Å². The lowest BCUT2D eigenvalue weighted by atomic mass is 10.1. The molecule has 0 radical (unpaired) electrons. The molecule has 0 aliphatic rings. The van der Waals surface area contributed by atoms with E-state index in [4.69, 9.17) is 5.26 Å². The quantitative estimate of drug-likeness (QED) is 0.876. The molecule has 2 N–H and O–H groups in total. The highest BCUT2D eigenvalue weighted by atomic mass is 79.9. The number of urea groups is 1. The Kier molecular flexibility index (Phi) is 4.96. The van der Waals surface area contributed by atoms with Crippen molar-refractivity contribution in [2.75, 3.05) is 5.32 Å². The zero-order valence-corrected chi connectivity index (χ0v) is 13.0. The average molecular weight is 344 g/mol. The van der Waals surface area contributed by atoms with Crippen molar-refractivity contribution in [2.45, 2.75) is 13.0 Å². The van der Waals surface area contributed by atoms with E-state index in [-0.39, 0.29) is 12.1 Å². The van der Waals surface area contributed by atoms with Crippen LogP contribution < -0.4 is 10.6 Å². The highest BCUT2D eigenvalue weighted by molar-refractivity contribution is 9.10. The van der Waals surface area contributed by atoms with Gasteiger partial charge in [0.05, 0.1) is 17.7 Å². The van der Waals surface area contributed by atoms with Gasteiger partial charge < -0.3 is 10.6 Å². The molecule has 0 bridgehead atoms. The second-order valence-corrected chi connectivity index (χ2v) is 5.39. The molecule has 0 aliphatic heterocycles. The van der Waals surface area contributed by atoms with Gasteiger partial charge in [-0.3, -0.25) is 0 Å². The highest BCUT2D eigenvalue weighted by Gasteiger charge is 2.11. The van der Waals surface area contributed by atoms with Crippen molar-refractivity contribution >= 4 is 27.6 Å². The van der Waals surface area contributed by atoms with Crippen molar-refractivity contribution in [3.8, 4) is 6.07 Å². The Morgan fingerprint density at radius 1 is 1.19 bits per heavy atom. The summed E-state index contributed by atoms with van der Waals surface area (Å²) >= 11 is 3.47. The fraction of sp³-hybridized carbons (Fsp3) is 0.125. The fourth-order valence-corrected chi connectivity index (χ4v) is 2.52. The normalized spacial score (nSPS) is 11.3. The van der Waals surface area contributed by atoms with Crippen LogP contribution in [0, 0.1) is 11.3 Å². The minimum atomic E-state index is -0.289. The van der Waals surface area contributed by atoms with Crippen LogP contribution in [0.3, 0.4) is 0 Å². The van der Waals surface area contributed by atoms with Gasteiger partial charge in [-0.2, -0.15) is 5.26 Å². The Balaban J connectivity index is 1.98. The topological polar surface area (TPSA) is 64.9 Å². The van der Waals surface area contributed by atoms with Crippen molar-refractivity contribution in [3.05, 3.63) is 64.1 Å². The number of carbonyl (C=O) groups is 1. The number of benzene rings is 2. The van der Waals surface area contributed by atoms with Gasteiger partial charge in [-0.1, -0.05) is 34.1 Å². The molecule has 2 amide bonds. The molecule has 0 aromatic heterocycles.